The lowest BCUT2D eigenvalue weighted by Gasteiger charge is -2.19. The van der Waals surface area contributed by atoms with Crippen LogP contribution in [0.15, 0.2) is 23.1 Å². The number of carbonyl (C=O) groups is 1. The van der Waals surface area contributed by atoms with E-state index in [9.17, 15) is 13.2 Å². The minimum atomic E-state index is -3.65. The average molecular weight is 298 g/mol. The van der Waals surface area contributed by atoms with Gasteiger partial charge in [0.05, 0.1) is 11.4 Å². The van der Waals surface area contributed by atoms with Crippen LogP contribution in [-0.4, -0.2) is 38.3 Å². The van der Waals surface area contributed by atoms with Crippen molar-refractivity contribution in [3.63, 3.8) is 0 Å². The van der Waals surface area contributed by atoms with Crippen LogP contribution in [-0.2, 0) is 14.8 Å². The van der Waals surface area contributed by atoms with Crippen molar-refractivity contribution in [2.24, 2.45) is 0 Å². The van der Waals surface area contributed by atoms with Gasteiger partial charge in [-0.3, -0.25) is 4.79 Å². The van der Waals surface area contributed by atoms with Crippen molar-refractivity contribution in [1.82, 2.24) is 9.62 Å². The molecule has 0 atom stereocenters. The van der Waals surface area contributed by atoms with Gasteiger partial charge < -0.3 is 5.32 Å². The Kier molecular flexibility index (Phi) is 5.30. The van der Waals surface area contributed by atoms with Crippen LogP contribution >= 0.6 is 0 Å². The highest BCUT2D eigenvalue weighted by molar-refractivity contribution is 7.89. The number of amides is 1. The summed E-state index contributed by atoms with van der Waals surface area (Å²) in [4.78, 5) is 11.9. The Hall–Kier alpha value is -1.40. The number of nitrogens with zero attached hydrogens (tertiary/aromatic N) is 1. The van der Waals surface area contributed by atoms with Gasteiger partial charge in [-0.05, 0) is 44.9 Å². The maximum Gasteiger partial charge on any atom is 0.243 e. The van der Waals surface area contributed by atoms with Crippen LogP contribution in [0.3, 0.4) is 0 Å². The standard InChI is InChI=1S/C14H22N2O3S/c1-10(2)15-14(17)9-16(5)20(18,19)13-8-11(3)6-7-12(13)4/h6-8,10H,9H2,1-5H3,(H,15,17). The SMILES string of the molecule is Cc1ccc(C)c(S(=O)(=O)N(C)CC(=O)NC(C)C)c1. The van der Waals surface area contributed by atoms with E-state index in [2.05, 4.69) is 5.32 Å². The van der Waals surface area contributed by atoms with Crippen molar-refractivity contribution in [2.75, 3.05) is 13.6 Å². The van der Waals surface area contributed by atoms with Gasteiger partial charge in [0.2, 0.25) is 15.9 Å². The molecule has 0 heterocycles. The molecular weight excluding hydrogens is 276 g/mol. The molecule has 0 spiro atoms. The van der Waals surface area contributed by atoms with Gasteiger partial charge in [0.15, 0.2) is 0 Å². The van der Waals surface area contributed by atoms with Crippen LogP contribution in [0.4, 0.5) is 0 Å². The van der Waals surface area contributed by atoms with Gasteiger partial charge >= 0.3 is 0 Å². The van der Waals surface area contributed by atoms with Crippen LogP contribution in [0.1, 0.15) is 25.0 Å². The van der Waals surface area contributed by atoms with Crippen molar-refractivity contribution in [1.29, 1.82) is 0 Å². The predicted octanol–water partition coefficient (Wildman–Crippen LogP) is 1.45. The van der Waals surface area contributed by atoms with E-state index >= 15 is 0 Å². The number of benzene rings is 1. The lowest BCUT2D eigenvalue weighted by molar-refractivity contribution is -0.121. The Morgan fingerprint density at radius 3 is 2.45 bits per heavy atom. The normalized spacial score (nSPS) is 11.9. The third-order valence-corrected chi connectivity index (χ3v) is 4.79. The summed E-state index contributed by atoms with van der Waals surface area (Å²) in [5.74, 6) is -0.309. The first-order valence-electron chi connectivity index (χ1n) is 6.47. The summed E-state index contributed by atoms with van der Waals surface area (Å²) in [6.07, 6.45) is 0. The number of rotatable bonds is 5. The minimum absolute atomic E-state index is 0.0145. The van der Waals surface area contributed by atoms with Gasteiger partial charge in [-0.25, -0.2) is 8.42 Å². The summed E-state index contributed by atoms with van der Waals surface area (Å²) in [6.45, 7) is 7.06. The van der Waals surface area contributed by atoms with Crippen molar-refractivity contribution in [2.45, 2.75) is 38.6 Å². The molecule has 0 aliphatic rings. The first kappa shape index (κ1) is 16.7. The second kappa shape index (κ2) is 6.37. The summed E-state index contributed by atoms with van der Waals surface area (Å²) in [7, 11) is -2.24. The fourth-order valence-corrected chi connectivity index (χ4v) is 3.24. The molecule has 0 aliphatic heterocycles. The molecule has 0 aromatic heterocycles. The smallest absolute Gasteiger partial charge is 0.243 e. The molecular formula is C14H22N2O3S. The first-order valence-corrected chi connectivity index (χ1v) is 7.91. The van der Waals surface area contributed by atoms with Crippen LogP contribution in [0, 0.1) is 13.8 Å². The topological polar surface area (TPSA) is 66.5 Å². The van der Waals surface area contributed by atoms with E-state index in [0.29, 0.717) is 5.56 Å². The molecule has 1 rings (SSSR count). The number of hydrogen-bond donors (Lipinski definition) is 1. The molecule has 0 radical (unpaired) electrons. The third kappa shape index (κ3) is 4.05. The quantitative estimate of drug-likeness (QED) is 0.894. The lowest BCUT2D eigenvalue weighted by Crippen LogP contribution is -2.40. The molecule has 0 bridgehead atoms. The minimum Gasteiger partial charge on any atom is -0.353 e. The molecule has 0 aliphatic carbocycles. The van der Waals surface area contributed by atoms with E-state index < -0.39 is 10.0 Å². The van der Waals surface area contributed by atoms with Crippen molar-refractivity contribution in [3.8, 4) is 0 Å². The molecule has 1 aromatic rings. The Bertz CT molecular complexity index is 594. The van der Waals surface area contributed by atoms with E-state index in [-0.39, 0.29) is 23.4 Å². The molecule has 1 amide bonds. The van der Waals surface area contributed by atoms with Crippen molar-refractivity contribution in [3.05, 3.63) is 29.3 Å². The Balaban J connectivity index is 2.98. The Morgan fingerprint density at radius 2 is 1.90 bits per heavy atom. The number of carbonyl (C=O) groups excluding carboxylic acids is 1. The summed E-state index contributed by atoms with van der Waals surface area (Å²) >= 11 is 0. The number of likely N-dealkylation sites (N-methyl/N-ethyl adjacent to an activating group) is 1. The molecule has 0 fully saturated rings. The molecule has 20 heavy (non-hydrogen) atoms. The van der Waals surface area contributed by atoms with E-state index in [1.807, 2.05) is 26.8 Å². The zero-order chi connectivity index (χ0) is 15.5. The fourth-order valence-electron chi connectivity index (χ4n) is 1.81. The maximum atomic E-state index is 12.5. The molecule has 1 aromatic carbocycles. The van der Waals surface area contributed by atoms with Gasteiger partial charge in [-0.1, -0.05) is 12.1 Å². The highest BCUT2D eigenvalue weighted by atomic mass is 32.2. The largest absolute Gasteiger partial charge is 0.353 e. The highest BCUT2D eigenvalue weighted by Gasteiger charge is 2.24. The summed E-state index contributed by atoms with van der Waals surface area (Å²) in [6, 6.07) is 5.24. The summed E-state index contributed by atoms with van der Waals surface area (Å²) in [5.41, 5.74) is 1.54. The highest BCUT2D eigenvalue weighted by Crippen LogP contribution is 2.20. The van der Waals surface area contributed by atoms with Gasteiger partial charge in [-0.2, -0.15) is 4.31 Å². The van der Waals surface area contributed by atoms with Gasteiger partial charge in [-0.15, -0.1) is 0 Å². The van der Waals surface area contributed by atoms with E-state index in [4.69, 9.17) is 0 Å². The molecule has 6 heteroatoms. The molecule has 1 N–H and O–H groups in total. The lowest BCUT2D eigenvalue weighted by atomic mass is 10.2. The van der Waals surface area contributed by atoms with Crippen molar-refractivity contribution < 1.29 is 13.2 Å². The van der Waals surface area contributed by atoms with Crippen LogP contribution < -0.4 is 5.32 Å². The summed E-state index contributed by atoms with van der Waals surface area (Å²) in [5, 5.41) is 2.68. The van der Waals surface area contributed by atoms with Gasteiger partial charge in [0.1, 0.15) is 0 Å². The van der Waals surface area contributed by atoms with E-state index in [0.717, 1.165) is 9.87 Å². The summed E-state index contributed by atoms with van der Waals surface area (Å²) < 4.78 is 26.0. The predicted molar refractivity (Wildman–Crippen MR) is 79.0 cm³/mol. The van der Waals surface area contributed by atoms with Gasteiger partial charge in [0.25, 0.3) is 0 Å². The Morgan fingerprint density at radius 1 is 1.30 bits per heavy atom. The Labute approximate surface area is 121 Å². The van der Waals surface area contributed by atoms with Crippen LogP contribution in [0.25, 0.3) is 0 Å². The molecule has 5 nitrogen and oxygen atoms in total. The zero-order valence-corrected chi connectivity index (χ0v) is 13.4. The first-order chi connectivity index (χ1) is 9.14. The maximum absolute atomic E-state index is 12.5. The van der Waals surface area contributed by atoms with Crippen LogP contribution in [0.5, 0.6) is 0 Å². The second-order valence-corrected chi connectivity index (χ2v) is 7.27. The third-order valence-electron chi connectivity index (χ3n) is 2.85. The molecule has 0 unspecified atom stereocenters. The zero-order valence-electron chi connectivity index (χ0n) is 12.6. The molecule has 0 saturated heterocycles. The number of sulfonamides is 1. The molecule has 112 valence electrons. The van der Waals surface area contributed by atoms with E-state index in [1.165, 1.54) is 7.05 Å². The fraction of sp³-hybridized carbons (Fsp3) is 0.500. The van der Waals surface area contributed by atoms with E-state index in [1.54, 1.807) is 19.1 Å². The van der Waals surface area contributed by atoms with Crippen molar-refractivity contribution >= 4 is 15.9 Å². The van der Waals surface area contributed by atoms with Crippen LogP contribution in [0.2, 0.25) is 0 Å². The number of nitrogens with one attached hydrogen (secondary N) is 1. The molecule has 0 saturated carbocycles. The number of hydrogen-bond acceptors (Lipinski definition) is 3. The number of aryl methyl sites for hydroxylation is 2. The van der Waals surface area contributed by atoms with Gasteiger partial charge in [0, 0.05) is 13.1 Å². The monoisotopic (exact) mass is 298 g/mol. The second-order valence-electron chi connectivity index (χ2n) is 5.25. The average Bonchev–Trinajstić information content (AvgIpc) is 2.30.